The zero-order chi connectivity index (χ0) is 37.2. The van der Waals surface area contributed by atoms with Crippen LogP contribution >= 0.6 is 11.3 Å². The number of hydrogen-bond acceptors (Lipinski definition) is 1. The molecule has 0 N–H and O–H groups in total. The summed E-state index contributed by atoms with van der Waals surface area (Å²) in [7, 11) is 0. The highest BCUT2D eigenvalue weighted by atomic mass is 32.1. The van der Waals surface area contributed by atoms with Gasteiger partial charge in [-0.25, -0.2) is 0 Å². The van der Waals surface area contributed by atoms with Gasteiger partial charge in [0.15, 0.2) is 0 Å². The first-order valence-electron chi connectivity index (χ1n) is 21.1. The first-order chi connectivity index (χ1) is 28.2. The summed E-state index contributed by atoms with van der Waals surface area (Å²) in [5, 5.41) is 13.7. The van der Waals surface area contributed by atoms with Crippen LogP contribution in [0.15, 0.2) is 164 Å². The molecule has 9 aromatic carbocycles. The van der Waals surface area contributed by atoms with Crippen LogP contribution < -0.4 is 0 Å². The third-order valence-electron chi connectivity index (χ3n) is 14.8. The van der Waals surface area contributed by atoms with Gasteiger partial charge in [-0.3, -0.25) is 0 Å². The second-order valence-electron chi connectivity index (χ2n) is 17.6. The summed E-state index contributed by atoms with van der Waals surface area (Å²) >= 11 is 1.93. The van der Waals surface area contributed by atoms with Crippen molar-refractivity contribution in [1.29, 1.82) is 0 Å². The van der Waals surface area contributed by atoms with Crippen molar-refractivity contribution in [3.05, 3.63) is 169 Å². The Kier molecular flexibility index (Phi) is 6.88. The largest absolute Gasteiger partial charge is 0.135 e. The smallest absolute Gasteiger partial charge is 0.0361 e. The molecule has 1 heteroatoms. The van der Waals surface area contributed by atoms with E-state index < -0.39 is 0 Å². The Balaban J connectivity index is 1.09. The molecule has 0 saturated heterocycles. The minimum Gasteiger partial charge on any atom is -0.135 e. The van der Waals surface area contributed by atoms with Gasteiger partial charge >= 0.3 is 0 Å². The van der Waals surface area contributed by atoms with Crippen LogP contribution in [-0.4, -0.2) is 0 Å². The molecular formula is C56H42S. The van der Waals surface area contributed by atoms with Crippen LogP contribution in [0.4, 0.5) is 0 Å². The Bertz CT molecular complexity index is 3160. The van der Waals surface area contributed by atoms with Crippen molar-refractivity contribution in [3.63, 3.8) is 0 Å². The lowest BCUT2D eigenvalue weighted by atomic mass is 9.60. The maximum absolute atomic E-state index is 2.52. The van der Waals surface area contributed by atoms with Gasteiger partial charge in [0.25, 0.3) is 0 Å². The van der Waals surface area contributed by atoms with Crippen LogP contribution in [0.5, 0.6) is 0 Å². The highest BCUT2D eigenvalue weighted by Crippen LogP contribution is 2.65. The van der Waals surface area contributed by atoms with Crippen LogP contribution in [0, 0.1) is 17.8 Å². The normalized spacial score (nSPS) is 21.5. The Morgan fingerprint density at radius 3 is 1.63 bits per heavy atom. The Morgan fingerprint density at radius 1 is 0.421 bits per heavy atom. The summed E-state index contributed by atoms with van der Waals surface area (Å²) in [4.78, 5) is 0. The Hall–Kier alpha value is -5.76. The Labute approximate surface area is 337 Å². The second-order valence-corrected chi connectivity index (χ2v) is 18.7. The van der Waals surface area contributed by atoms with Crippen molar-refractivity contribution < 1.29 is 0 Å². The molecule has 4 unspecified atom stereocenters. The third kappa shape index (κ3) is 4.55. The summed E-state index contributed by atoms with van der Waals surface area (Å²) in [6.07, 6.45) is 8.47. The van der Waals surface area contributed by atoms with Crippen LogP contribution in [0.3, 0.4) is 0 Å². The molecule has 10 aromatic rings. The van der Waals surface area contributed by atoms with Crippen molar-refractivity contribution in [2.75, 3.05) is 0 Å². The van der Waals surface area contributed by atoms with E-state index in [9.17, 15) is 0 Å². The molecule has 1 heterocycles. The summed E-state index contributed by atoms with van der Waals surface area (Å²) in [5.74, 6) is 2.68. The lowest BCUT2D eigenvalue weighted by molar-refractivity contribution is 0.152. The quantitative estimate of drug-likeness (QED) is 0.157. The number of hydrogen-bond donors (Lipinski definition) is 0. The van der Waals surface area contributed by atoms with Gasteiger partial charge in [0.05, 0.1) is 0 Å². The zero-order valence-electron chi connectivity index (χ0n) is 32.0. The van der Waals surface area contributed by atoms with Crippen LogP contribution in [-0.2, 0) is 5.41 Å². The molecule has 272 valence electrons. The monoisotopic (exact) mass is 746 g/mol. The molecule has 1 aromatic heterocycles. The highest BCUT2D eigenvalue weighted by Gasteiger charge is 2.55. The fourth-order valence-corrected chi connectivity index (χ4v) is 13.9. The second kappa shape index (κ2) is 12.1. The van der Waals surface area contributed by atoms with E-state index in [0.717, 1.165) is 17.8 Å². The first kappa shape index (κ1) is 32.3. The maximum atomic E-state index is 2.52. The predicted molar refractivity (Wildman–Crippen MR) is 246 cm³/mol. The molecule has 13 rings (SSSR count). The fourth-order valence-electron chi connectivity index (χ4n) is 12.8. The van der Waals surface area contributed by atoms with E-state index in [0.29, 0.717) is 5.41 Å². The minimum atomic E-state index is 0.299. The van der Waals surface area contributed by atoms with E-state index in [1.54, 1.807) is 5.56 Å². The van der Waals surface area contributed by atoms with Gasteiger partial charge in [-0.2, -0.15) is 0 Å². The Morgan fingerprint density at radius 2 is 0.982 bits per heavy atom. The maximum Gasteiger partial charge on any atom is 0.0361 e. The van der Waals surface area contributed by atoms with E-state index in [2.05, 4.69) is 164 Å². The molecule has 4 atom stereocenters. The fraction of sp³-hybridized carbons (Fsp3) is 0.179. The van der Waals surface area contributed by atoms with Crippen molar-refractivity contribution in [1.82, 2.24) is 0 Å². The van der Waals surface area contributed by atoms with Gasteiger partial charge < -0.3 is 0 Å². The number of thiophene rings is 1. The van der Waals surface area contributed by atoms with Crippen molar-refractivity contribution >= 4 is 74.6 Å². The summed E-state index contributed by atoms with van der Waals surface area (Å²) in [5.41, 5.74) is 9.89. The van der Waals surface area contributed by atoms with Crippen LogP contribution in [0.25, 0.3) is 96.6 Å². The lowest BCUT2D eigenvalue weighted by Gasteiger charge is -2.44. The van der Waals surface area contributed by atoms with E-state index in [1.807, 2.05) is 11.3 Å². The van der Waals surface area contributed by atoms with Crippen molar-refractivity contribution in [3.8, 4) is 33.4 Å². The van der Waals surface area contributed by atoms with Gasteiger partial charge in [0.2, 0.25) is 0 Å². The number of benzene rings is 9. The molecule has 0 aliphatic heterocycles. The molecule has 0 amide bonds. The summed E-state index contributed by atoms with van der Waals surface area (Å²) in [6.45, 7) is 0. The van der Waals surface area contributed by atoms with Gasteiger partial charge in [-0.1, -0.05) is 146 Å². The molecular weight excluding hydrogens is 705 g/mol. The topological polar surface area (TPSA) is 0 Å². The summed E-state index contributed by atoms with van der Waals surface area (Å²) in [6, 6.07) is 62.4. The molecule has 3 aliphatic carbocycles. The zero-order valence-corrected chi connectivity index (χ0v) is 32.8. The van der Waals surface area contributed by atoms with Gasteiger partial charge in [0, 0.05) is 20.2 Å². The predicted octanol–water partition coefficient (Wildman–Crippen LogP) is 16.1. The summed E-state index contributed by atoms with van der Waals surface area (Å²) < 4.78 is 2.70. The van der Waals surface area contributed by atoms with Crippen LogP contribution in [0.2, 0.25) is 0 Å². The van der Waals surface area contributed by atoms with Gasteiger partial charge in [-0.15, -0.1) is 11.3 Å². The molecule has 3 aliphatic rings. The van der Waals surface area contributed by atoms with E-state index in [-0.39, 0.29) is 0 Å². The van der Waals surface area contributed by atoms with Crippen molar-refractivity contribution in [2.24, 2.45) is 17.8 Å². The van der Waals surface area contributed by atoms with Crippen molar-refractivity contribution in [2.45, 2.75) is 43.9 Å². The van der Waals surface area contributed by atoms with E-state index >= 15 is 0 Å². The SMILES string of the molecule is c1ccc(-c2c3ccccc3c(-c3ccc4sc5cccc(-c6c7ccccc7c(C78CCC9CC(CC7C9)C8)c7ccccc67)c5c4c3)c3ccccc23)cc1. The molecule has 3 fully saturated rings. The lowest BCUT2D eigenvalue weighted by Crippen LogP contribution is -2.36. The van der Waals surface area contributed by atoms with Gasteiger partial charge in [-0.05, 0) is 162 Å². The first-order valence-corrected chi connectivity index (χ1v) is 21.9. The molecule has 0 nitrogen and oxygen atoms in total. The molecule has 57 heavy (non-hydrogen) atoms. The minimum absolute atomic E-state index is 0.299. The standard InChI is InChI=1S/C56H42S/c1-2-13-36(14-3-1)51-39-15-4-6-17-41(39)52(42-18-7-5-16-40(42)51)37-25-26-49-48(32-37)54-47(23-12-24-50(54)57-49)53-43-19-8-10-21-45(43)55(46-22-11-9-20-44(46)53)56-28-27-34-29-35(33-56)31-38(56)30-34/h1-26,32,34-35,38H,27-31,33H2. The van der Waals surface area contributed by atoms with Crippen LogP contribution in [0.1, 0.15) is 44.1 Å². The highest BCUT2D eigenvalue weighted by molar-refractivity contribution is 7.26. The number of rotatable bonds is 4. The average Bonchev–Trinajstić information content (AvgIpc) is 3.72. The number of fused-ring (bicyclic) bond motifs is 9. The molecule has 0 spiro atoms. The van der Waals surface area contributed by atoms with E-state index in [4.69, 9.17) is 0 Å². The van der Waals surface area contributed by atoms with Gasteiger partial charge in [0.1, 0.15) is 0 Å². The van der Waals surface area contributed by atoms with E-state index in [1.165, 1.54) is 135 Å². The molecule has 3 bridgehead atoms. The third-order valence-corrected chi connectivity index (χ3v) is 15.9. The molecule has 3 saturated carbocycles. The average molecular weight is 747 g/mol. The molecule has 0 radical (unpaired) electrons.